The third-order valence-corrected chi connectivity index (χ3v) is 3.40. The van der Waals surface area contributed by atoms with E-state index >= 15 is 0 Å². The molecule has 2 heterocycles. The van der Waals surface area contributed by atoms with E-state index in [4.69, 9.17) is 10.5 Å². The molecule has 106 valence electrons. The van der Waals surface area contributed by atoms with Crippen LogP contribution in [0.5, 0.6) is 5.75 Å². The molecule has 4 heteroatoms. The highest BCUT2D eigenvalue weighted by Crippen LogP contribution is 2.26. The summed E-state index contributed by atoms with van der Waals surface area (Å²) in [7, 11) is 0. The van der Waals surface area contributed by atoms with Gasteiger partial charge in [-0.25, -0.2) is 0 Å². The molecule has 0 aliphatic heterocycles. The number of hydrogen-bond acceptors (Lipinski definition) is 4. The second-order valence-electron chi connectivity index (χ2n) is 4.78. The quantitative estimate of drug-likeness (QED) is 0.797. The third-order valence-electron chi connectivity index (χ3n) is 3.40. The van der Waals surface area contributed by atoms with Crippen LogP contribution in [0, 0.1) is 0 Å². The minimum atomic E-state index is -0.330. The average molecular weight is 279 g/mol. The minimum Gasteiger partial charge on any atom is -0.492 e. The largest absolute Gasteiger partial charge is 0.492 e. The van der Waals surface area contributed by atoms with Crippen LogP contribution in [0.1, 0.15) is 24.2 Å². The molecule has 1 atom stereocenters. The highest BCUT2D eigenvalue weighted by atomic mass is 16.5. The van der Waals surface area contributed by atoms with Crippen molar-refractivity contribution in [2.24, 2.45) is 5.73 Å². The van der Waals surface area contributed by atoms with Gasteiger partial charge in [0.25, 0.3) is 0 Å². The van der Waals surface area contributed by atoms with Crippen molar-refractivity contribution in [3.63, 3.8) is 0 Å². The standard InChI is InChI=1S/C17H17N3O/c1-2-21-14-9-13(10-19-11-14)16(18)17-15-6-4-3-5-12(15)7-8-20-17/h3-11,16H,2,18H2,1H3. The molecule has 2 N–H and O–H groups in total. The maximum Gasteiger partial charge on any atom is 0.137 e. The van der Waals surface area contributed by atoms with Gasteiger partial charge in [0.2, 0.25) is 0 Å². The van der Waals surface area contributed by atoms with Crippen LogP contribution < -0.4 is 10.5 Å². The first-order valence-electron chi connectivity index (χ1n) is 6.96. The van der Waals surface area contributed by atoms with Crippen LogP contribution >= 0.6 is 0 Å². The smallest absolute Gasteiger partial charge is 0.137 e. The molecule has 3 aromatic rings. The van der Waals surface area contributed by atoms with E-state index < -0.39 is 0 Å². The number of ether oxygens (including phenoxy) is 1. The number of nitrogens with two attached hydrogens (primary N) is 1. The maximum atomic E-state index is 6.39. The lowest BCUT2D eigenvalue weighted by Gasteiger charge is -2.14. The summed E-state index contributed by atoms with van der Waals surface area (Å²) >= 11 is 0. The number of pyridine rings is 2. The monoisotopic (exact) mass is 279 g/mol. The Morgan fingerprint density at radius 3 is 2.90 bits per heavy atom. The molecular formula is C17H17N3O. The predicted octanol–water partition coefficient (Wildman–Crippen LogP) is 3.08. The fourth-order valence-electron chi connectivity index (χ4n) is 2.40. The number of hydrogen-bond donors (Lipinski definition) is 1. The number of benzene rings is 1. The summed E-state index contributed by atoms with van der Waals surface area (Å²) in [5, 5.41) is 2.20. The van der Waals surface area contributed by atoms with Crippen molar-refractivity contribution < 1.29 is 4.74 Å². The van der Waals surface area contributed by atoms with E-state index in [9.17, 15) is 0 Å². The summed E-state index contributed by atoms with van der Waals surface area (Å²) in [5.74, 6) is 0.727. The molecule has 0 aliphatic rings. The normalized spacial score (nSPS) is 12.3. The molecule has 0 spiro atoms. The van der Waals surface area contributed by atoms with Crippen molar-refractivity contribution in [1.82, 2.24) is 9.97 Å². The second-order valence-corrected chi connectivity index (χ2v) is 4.78. The van der Waals surface area contributed by atoms with Crippen LogP contribution in [0.15, 0.2) is 55.0 Å². The van der Waals surface area contributed by atoms with Gasteiger partial charge in [-0.3, -0.25) is 9.97 Å². The van der Waals surface area contributed by atoms with Crippen LogP contribution in [0.4, 0.5) is 0 Å². The zero-order chi connectivity index (χ0) is 14.7. The van der Waals surface area contributed by atoms with Crippen LogP contribution in [-0.2, 0) is 0 Å². The van der Waals surface area contributed by atoms with Crippen molar-refractivity contribution >= 4 is 10.8 Å². The molecule has 1 aromatic carbocycles. The van der Waals surface area contributed by atoms with Gasteiger partial charge in [0.15, 0.2) is 0 Å². The Labute approximate surface area is 123 Å². The van der Waals surface area contributed by atoms with Crippen LogP contribution in [0.2, 0.25) is 0 Å². The molecule has 0 amide bonds. The summed E-state index contributed by atoms with van der Waals surface area (Å²) < 4.78 is 5.48. The second kappa shape index (κ2) is 5.89. The van der Waals surface area contributed by atoms with E-state index in [2.05, 4.69) is 16.0 Å². The minimum absolute atomic E-state index is 0.330. The van der Waals surface area contributed by atoms with Gasteiger partial charge in [0.05, 0.1) is 24.5 Å². The predicted molar refractivity (Wildman–Crippen MR) is 83.2 cm³/mol. The summed E-state index contributed by atoms with van der Waals surface area (Å²) in [6.07, 6.45) is 5.24. The summed E-state index contributed by atoms with van der Waals surface area (Å²) in [6, 6.07) is 11.7. The molecule has 0 radical (unpaired) electrons. The van der Waals surface area contributed by atoms with Gasteiger partial charge in [0.1, 0.15) is 5.75 Å². The molecule has 0 bridgehead atoms. The topological polar surface area (TPSA) is 61.0 Å². The Balaban J connectivity index is 2.04. The Hall–Kier alpha value is -2.46. The molecule has 2 aromatic heterocycles. The van der Waals surface area contributed by atoms with Crippen LogP contribution in [0.3, 0.4) is 0 Å². The Morgan fingerprint density at radius 2 is 2.05 bits per heavy atom. The zero-order valence-electron chi connectivity index (χ0n) is 11.9. The first kappa shape index (κ1) is 13.5. The van der Waals surface area contributed by atoms with Crippen molar-refractivity contribution in [3.05, 3.63) is 66.2 Å². The van der Waals surface area contributed by atoms with E-state index in [0.29, 0.717) is 6.61 Å². The first-order chi connectivity index (χ1) is 10.3. The molecule has 0 saturated carbocycles. The number of aromatic nitrogens is 2. The van der Waals surface area contributed by atoms with Crippen LogP contribution in [-0.4, -0.2) is 16.6 Å². The van der Waals surface area contributed by atoms with Gasteiger partial charge in [-0.1, -0.05) is 24.3 Å². The molecule has 0 aliphatic carbocycles. The maximum absolute atomic E-state index is 6.39. The molecule has 4 nitrogen and oxygen atoms in total. The lowest BCUT2D eigenvalue weighted by Crippen LogP contribution is -2.14. The first-order valence-corrected chi connectivity index (χ1v) is 6.96. The Kier molecular flexibility index (Phi) is 3.79. The molecule has 21 heavy (non-hydrogen) atoms. The molecule has 1 unspecified atom stereocenters. The Bertz CT molecular complexity index is 752. The fourth-order valence-corrected chi connectivity index (χ4v) is 2.40. The summed E-state index contributed by atoms with van der Waals surface area (Å²) in [6.45, 7) is 2.55. The van der Waals surface area contributed by atoms with Crippen molar-refractivity contribution in [3.8, 4) is 5.75 Å². The number of nitrogens with zero attached hydrogens (tertiary/aromatic N) is 2. The third kappa shape index (κ3) is 2.71. The Morgan fingerprint density at radius 1 is 1.19 bits per heavy atom. The lowest BCUT2D eigenvalue weighted by molar-refractivity contribution is 0.338. The summed E-state index contributed by atoms with van der Waals surface area (Å²) in [4.78, 5) is 8.66. The van der Waals surface area contributed by atoms with Gasteiger partial charge in [-0.2, -0.15) is 0 Å². The molecular weight excluding hydrogens is 262 g/mol. The van der Waals surface area contributed by atoms with Gasteiger partial charge in [0, 0.05) is 17.8 Å². The van der Waals surface area contributed by atoms with E-state index in [1.807, 2.05) is 37.3 Å². The van der Waals surface area contributed by atoms with Gasteiger partial charge < -0.3 is 10.5 Å². The van der Waals surface area contributed by atoms with Crippen molar-refractivity contribution in [2.75, 3.05) is 6.61 Å². The SMILES string of the molecule is CCOc1cncc(C(N)c2nccc3ccccc23)c1. The van der Waals surface area contributed by atoms with Crippen molar-refractivity contribution in [1.29, 1.82) is 0 Å². The van der Waals surface area contributed by atoms with Gasteiger partial charge in [-0.05, 0) is 30.0 Å². The molecule has 3 rings (SSSR count). The van der Waals surface area contributed by atoms with E-state index in [-0.39, 0.29) is 6.04 Å². The number of fused-ring (bicyclic) bond motifs is 1. The highest BCUT2D eigenvalue weighted by molar-refractivity contribution is 5.85. The van der Waals surface area contributed by atoms with Gasteiger partial charge in [-0.15, -0.1) is 0 Å². The van der Waals surface area contributed by atoms with Gasteiger partial charge >= 0.3 is 0 Å². The van der Waals surface area contributed by atoms with E-state index in [0.717, 1.165) is 27.8 Å². The van der Waals surface area contributed by atoms with E-state index in [1.54, 1.807) is 18.6 Å². The lowest BCUT2D eigenvalue weighted by atomic mass is 10.0. The zero-order valence-corrected chi connectivity index (χ0v) is 11.9. The molecule has 0 saturated heterocycles. The average Bonchev–Trinajstić information content (AvgIpc) is 2.54. The van der Waals surface area contributed by atoms with Crippen molar-refractivity contribution in [2.45, 2.75) is 13.0 Å². The highest BCUT2D eigenvalue weighted by Gasteiger charge is 2.14. The molecule has 0 fully saturated rings. The fraction of sp³-hybridized carbons (Fsp3) is 0.176. The van der Waals surface area contributed by atoms with Crippen LogP contribution in [0.25, 0.3) is 10.8 Å². The summed E-state index contributed by atoms with van der Waals surface area (Å²) in [5.41, 5.74) is 8.13. The van der Waals surface area contributed by atoms with E-state index in [1.165, 1.54) is 0 Å². The number of rotatable bonds is 4.